The number of carbonyl (C=O) groups excluding carboxylic acids is 1. The van der Waals surface area contributed by atoms with Gasteiger partial charge >= 0.3 is 0 Å². The maximum absolute atomic E-state index is 13.2. The van der Waals surface area contributed by atoms with E-state index in [2.05, 4.69) is 5.32 Å². The summed E-state index contributed by atoms with van der Waals surface area (Å²) in [5.74, 6) is -0.347. The summed E-state index contributed by atoms with van der Waals surface area (Å²) < 4.78 is 13.2. The molecule has 102 valence electrons. The van der Waals surface area contributed by atoms with Gasteiger partial charge in [-0.05, 0) is 49.3 Å². The molecule has 1 saturated carbocycles. The van der Waals surface area contributed by atoms with Crippen molar-refractivity contribution in [3.8, 4) is 0 Å². The molecule has 0 saturated heterocycles. The van der Waals surface area contributed by atoms with Crippen LogP contribution in [0.1, 0.15) is 42.7 Å². The minimum absolute atomic E-state index is 0.187. The van der Waals surface area contributed by atoms with Gasteiger partial charge in [-0.15, -0.1) is 0 Å². The molecule has 1 aliphatic carbocycles. The van der Waals surface area contributed by atoms with Crippen LogP contribution in [0.2, 0.25) is 0 Å². The van der Waals surface area contributed by atoms with Crippen molar-refractivity contribution < 1.29 is 9.18 Å². The van der Waals surface area contributed by atoms with Crippen molar-refractivity contribution in [3.63, 3.8) is 0 Å². The summed E-state index contributed by atoms with van der Waals surface area (Å²) in [6.45, 7) is 0. The predicted molar refractivity (Wildman–Crippen MR) is 74.7 cm³/mol. The van der Waals surface area contributed by atoms with Gasteiger partial charge in [-0.3, -0.25) is 5.41 Å². The largest absolute Gasteiger partial charge is 0.388 e. The van der Waals surface area contributed by atoms with Crippen LogP contribution in [0.5, 0.6) is 0 Å². The average molecular weight is 262 g/mol. The Morgan fingerprint density at radius 1 is 1.37 bits per heavy atom. The monoisotopic (exact) mass is 262 g/mol. The van der Waals surface area contributed by atoms with Crippen LogP contribution in [0.3, 0.4) is 0 Å². The van der Waals surface area contributed by atoms with Crippen molar-refractivity contribution in [2.24, 2.45) is 5.92 Å². The van der Waals surface area contributed by atoms with Gasteiger partial charge in [-0.25, -0.2) is 0 Å². The van der Waals surface area contributed by atoms with E-state index >= 15 is 0 Å². The maximum atomic E-state index is 13.2. The van der Waals surface area contributed by atoms with E-state index < -0.39 is 5.97 Å². The van der Waals surface area contributed by atoms with Crippen molar-refractivity contribution in [2.75, 3.05) is 12.4 Å². The van der Waals surface area contributed by atoms with Crippen LogP contribution in [0.15, 0.2) is 18.2 Å². The van der Waals surface area contributed by atoms with E-state index in [0.29, 0.717) is 17.2 Å². The number of rotatable bonds is 4. The molecule has 4 heteroatoms. The molecule has 0 bridgehead atoms. The van der Waals surface area contributed by atoms with Gasteiger partial charge in [0.1, 0.15) is 6.29 Å². The fraction of sp³-hybridized carbons (Fsp3) is 0.467. The summed E-state index contributed by atoms with van der Waals surface area (Å²) >= 11 is 0. The van der Waals surface area contributed by atoms with Crippen molar-refractivity contribution in [2.45, 2.75) is 31.6 Å². The first-order chi connectivity index (χ1) is 9.15. The van der Waals surface area contributed by atoms with Crippen molar-refractivity contribution in [1.29, 1.82) is 5.41 Å². The number of anilines is 1. The van der Waals surface area contributed by atoms with E-state index in [4.69, 9.17) is 5.41 Å². The number of benzene rings is 1. The van der Waals surface area contributed by atoms with E-state index in [9.17, 15) is 9.18 Å². The number of hydrogen-bond acceptors (Lipinski definition) is 3. The van der Waals surface area contributed by atoms with Gasteiger partial charge in [-0.2, -0.15) is 4.39 Å². The summed E-state index contributed by atoms with van der Waals surface area (Å²) in [6, 6.07) is 5.58. The number of nitrogens with one attached hydrogen (secondary N) is 2. The summed E-state index contributed by atoms with van der Waals surface area (Å²) in [4.78, 5) is 10.7. The Kier molecular flexibility index (Phi) is 4.30. The highest BCUT2D eigenvalue weighted by Gasteiger charge is 2.22. The number of halogens is 1. The van der Waals surface area contributed by atoms with E-state index in [-0.39, 0.29) is 5.92 Å². The second kappa shape index (κ2) is 5.95. The third-order valence-electron chi connectivity index (χ3n) is 3.99. The molecule has 0 radical (unpaired) electrons. The topological polar surface area (TPSA) is 53.0 Å². The van der Waals surface area contributed by atoms with Crippen LogP contribution in [-0.2, 0) is 4.79 Å². The van der Waals surface area contributed by atoms with Gasteiger partial charge < -0.3 is 10.1 Å². The normalized spacial score (nSPS) is 22.8. The van der Waals surface area contributed by atoms with E-state index in [1.165, 1.54) is 0 Å². The predicted octanol–water partition coefficient (Wildman–Crippen LogP) is 3.50. The summed E-state index contributed by atoms with van der Waals surface area (Å²) in [5.41, 5.74) is 2.02. The Balaban J connectivity index is 2.19. The quantitative estimate of drug-likeness (QED) is 0.644. The molecule has 0 unspecified atom stereocenters. The van der Waals surface area contributed by atoms with Gasteiger partial charge in [0.2, 0.25) is 5.97 Å². The standard InChI is InChI=1S/C15H19FN2O/c1-18-14-7-6-12(8-13(14)15(16)17)11-4-2-10(9-19)3-5-11/h6-11,17-18H,2-5H2,1H3. The molecule has 0 spiro atoms. The lowest BCUT2D eigenvalue weighted by Gasteiger charge is -2.26. The van der Waals surface area contributed by atoms with Crippen molar-refractivity contribution >= 4 is 17.9 Å². The van der Waals surface area contributed by atoms with Gasteiger partial charge in [-0.1, -0.05) is 6.07 Å². The Labute approximate surface area is 112 Å². The highest BCUT2D eigenvalue weighted by Crippen LogP contribution is 2.36. The van der Waals surface area contributed by atoms with Gasteiger partial charge in [0.05, 0.1) is 5.56 Å². The van der Waals surface area contributed by atoms with E-state index in [1.807, 2.05) is 12.1 Å². The van der Waals surface area contributed by atoms with Gasteiger partial charge in [0, 0.05) is 18.7 Å². The van der Waals surface area contributed by atoms with E-state index in [0.717, 1.165) is 37.5 Å². The molecule has 0 aliphatic heterocycles. The fourth-order valence-electron chi connectivity index (χ4n) is 2.80. The first-order valence-electron chi connectivity index (χ1n) is 6.67. The molecule has 1 aromatic rings. The molecule has 1 fully saturated rings. The molecule has 3 nitrogen and oxygen atoms in total. The Morgan fingerprint density at radius 2 is 2.05 bits per heavy atom. The highest BCUT2D eigenvalue weighted by molar-refractivity contribution is 5.96. The second-order valence-corrected chi connectivity index (χ2v) is 5.12. The van der Waals surface area contributed by atoms with Crippen molar-refractivity contribution in [1.82, 2.24) is 0 Å². The molecular formula is C15H19FN2O. The van der Waals surface area contributed by atoms with Crippen LogP contribution < -0.4 is 5.32 Å². The number of carbonyl (C=O) groups is 1. The zero-order chi connectivity index (χ0) is 13.8. The Bertz CT molecular complexity index is 479. The molecule has 0 atom stereocenters. The first-order valence-corrected chi connectivity index (χ1v) is 6.67. The average Bonchev–Trinajstić information content (AvgIpc) is 2.46. The first kappa shape index (κ1) is 13.7. The zero-order valence-electron chi connectivity index (χ0n) is 11.1. The lowest BCUT2D eigenvalue weighted by Crippen LogP contribution is -2.14. The molecule has 0 aromatic heterocycles. The summed E-state index contributed by atoms with van der Waals surface area (Å²) in [6.07, 6.45) is 4.78. The fourth-order valence-corrected chi connectivity index (χ4v) is 2.80. The molecule has 2 rings (SSSR count). The number of hydrogen-bond donors (Lipinski definition) is 2. The Morgan fingerprint density at radius 3 is 2.58 bits per heavy atom. The lowest BCUT2D eigenvalue weighted by atomic mass is 9.79. The van der Waals surface area contributed by atoms with Gasteiger partial charge in [0.15, 0.2) is 0 Å². The third-order valence-corrected chi connectivity index (χ3v) is 3.99. The summed E-state index contributed by atoms with van der Waals surface area (Å²) in [7, 11) is 1.72. The second-order valence-electron chi connectivity index (χ2n) is 5.12. The molecule has 2 N–H and O–H groups in total. The minimum Gasteiger partial charge on any atom is -0.388 e. The molecule has 19 heavy (non-hydrogen) atoms. The summed E-state index contributed by atoms with van der Waals surface area (Å²) in [5, 5.41) is 10.1. The number of aldehydes is 1. The molecular weight excluding hydrogens is 243 g/mol. The highest BCUT2D eigenvalue weighted by atomic mass is 19.1. The van der Waals surface area contributed by atoms with Crippen LogP contribution in [0.25, 0.3) is 0 Å². The molecule has 1 aromatic carbocycles. The third kappa shape index (κ3) is 3.00. The van der Waals surface area contributed by atoms with Crippen molar-refractivity contribution in [3.05, 3.63) is 29.3 Å². The maximum Gasteiger partial charge on any atom is 0.214 e. The van der Waals surface area contributed by atoms with Gasteiger partial charge in [0.25, 0.3) is 0 Å². The Hall–Kier alpha value is -1.71. The smallest absolute Gasteiger partial charge is 0.214 e. The van der Waals surface area contributed by atoms with Crippen LogP contribution in [0.4, 0.5) is 10.1 Å². The minimum atomic E-state index is -0.909. The zero-order valence-corrected chi connectivity index (χ0v) is 11.1. The van der Waals surface area contributed by atoms with Crippen LogP contribution in [-0.4, -0.2) is 19.3 Å². The molecule has 0 amide bonds. The molecule has 0 heterocycles. The van der Waals surface area contributed by atoms with Crippen LogP contribution in [0, 0.1) is 11.3 Å². The SMILES string of the molecule is CNc1ccc(C2CCC(C=O)CC2)cc1C(=N)F. The lowest BCUT2D eigenvalue weighted by molar-refractivity contribution is -0.111. The van der Waals surface area contributed by atoms with E-state index in [1.54, 1.807) is 13.1 Å². The molecule has 1 aliphatic rings. The van der Waals surface area contributed by atoms with Crippen LogP contribution >= 0.6 is 0 Å².